The van der Waals surface area contributed by atoms with Crippen LogP contribution < -0.4 is 16.0 Å². The van der Waals surface area contributed by atoms with Crippen molar-refractivity contribution in [3.8, 4) is 0 Å². The van der Waals surface area contributed by atoms with E-state index in [1.54, 1.807) is 38.4 Å². The summed E-state index contributed by atoms with van der Waals surface area (Å²) in [5.41, 5.74) is 1.65. The molecule has 0 spiro atoms. The molecule has 0 saturated heterocycles. The molecule has 1 aromatic carbocycles. The predicted octanol–water partition coefficient (Wildman–Crippen LogP) is 2.17. The first kappa shape index (κ1) is 20.2. The van der Waals surface area contributed by atoms with E-state index in [1.807, 2.05) is 20.8 Å². The normalized spacial score (nSPS) is 11.0. The maximum absolute atomic E-state index is 12.6. The van der Waals surface area contributed by atoms with Crippen molar-refractivity contribution in [1.82, 2.24) is 15.1 Å². The summed E-state index contributed by atoms with van der Waals surface area (Å²) in [6.45, 7) is 7.32. The van der Waals surface area contributed by atoms with Crippen LogP contribution in [0.25, 0.3) is 0 Å². The number of nitrogens with zero attached hydrogens (tertiary/aromatic N) is 2. The molecule has 1 aromatic heterocycles. The molecule has 8 heteroatoms. The summed E-state index contributed by atoms with van der Waals surface area (Å²) >= 11 is 0. The summed E-state index contributed by atoms with van der Waals surface area (Å²) < 4.78 is 1.43. The third-order valence-electron chi connectivity index (χ3n) is 3.98. The van der Waals surface area contributed by atoms with Gasteiger partial charge < -0.3 is 16.0 Å². The van der Waals surface area contributed by atoms with Gasteiger partial charge in [0.05, 0.1) is 11.9 Å². The second-order valence-corrected chi connectivity index (χ2v) is 7.24. The average molecular weight is 371 g/mol. The Hall–Kier alpha value is -3.16. The lowest BCUT2D eigenvalue weighted by Crippen LogP contribution is -2.28. The lowest BCUT2D eigenvalue weighted by Gasteiger charge is -2.19. The van der Waals surface area contributed by atoms with E-state index in [1.165, 1.54) is 10.9 Å². The Labute approximate surface area is 158 Å². The summed E-state index contributed by atoms with van der Waals surface area (Å²) in [6.07, 6.45) is 3.05. The number of likely N-dealkylation sites (N-methyl/N-ethyl adjacent to an activating group) is 1. The number of rotatable bonds is 5. The number of carbonyl (C=O) groups is 3. The van der Waals surface area contributed by atoms with Crippen LogP contribution in [0, 0.1) is 12.3 Å². The second-order valence-electron chi connectivity index (χ2n) is 7.24. The van der Waals surface area contributed by atoms with E-state index in [0.717, 1.165) is 0 Å². The Bertz CT molecular complexity index is 864. The SMILES string of the molecule is CNC(=O)Cn1cc(NC(=O)c2cccc(NC(=O)C(C)(C)C)c2C)cn1. The number of benzene rings is 1. The zero-order chi connectivity index (χ0) is 20.2. The third kappa shape index (κ3) is 5.16. The van der Waals surface area contributed by atoms with E-state index in [-0.39, 0.29) is 24.3 Å². The molecule has 0 bridgehead atoms. The van der Waals surface area contributed by atoms with Crippen LogP contribution in [0.3, 0.4) is 0 Å². The average Bonchev–Trinajstić information content (AvgIpc) is 3.02. The molecule has 3 N–H and O–H groups in total. The molecule has 0 aliphatic heterocycles. The third-order valence-corrected chi connectivity index (χ3v) is 3.98. The number of aromatic nitrogens is 2. The molecule has 0 saturated carbocycles. The van der Waals surface area contributed by atoms with E-state index >= 15 is 0 Å². The Kier molecular flexibility index (Phi) is 5.99. The van der Waals surface area contributed by atoms with Crippen molar-refractivity contribution < 1.29 is 14.4 Å². The van der Waals surface area contributed by atoms with Crippen LogP contribution in [-0.4, -0.2) is 34.5 Å². The highest BCUT2D eigenvalue weighted by molar-refractivity contribution is 6.07. The lowest BCUT2D eigenvalue weighted by molar-refractivity contribution is -0.123. The zero-order valence-corrected chi connectivity index (χ0v) is 16.2. The molecule has 27 heavy (non-hydrogen) atoms. The number of amides is 3. The van der Waals surface area contributed by atoms with Crippen molar-refractivity contribution in [2.45, 2.75) is 34.2 Å². The molecule has 3 amide bonds. The first-order valence-electron chi connectivity index (χ1n) is 8.57. The number of hydrogen-bond donors (Lipinski definition) is 3. The maximum atomic E-state index is 12.6. The minimum absolute atomic E-state index is 0.0692. The smallest absolute Gasteiger partial charge is 0.256 e. The highest BCUT2D eigenvalue weighted by atomic mass is 16.2. The Balaban J connectivity index is 2.14. The first-order chi connectivity index (χ1) is 12.6. The van der Waals surface area contributed by atoms with Crippen LogP contribution in [-0.2, 0) is 16.1 Å². The maximum Gasteiger partial charge on any atom is 0.256 e. The highest BCUT2D eigenvalue weighted by Crippen LogP contribution is 2.23. The molecule has 0 aliphatic rings. The minimum atomic E-state index is -0.538. The highest BCUT2D eigenvalue weighted by Gasteiger charge is 2.22. The van der Waals surface area contributed by atoms with Crippen molar-refractivity contribution in [3.05, 3.63) is 41.7 Å². The molecule has 2 aromatic rings. The standard InChI is InChI=1S/C19H25N5O3/c1-12-14(7-6-8-15(12)23-18(27)19(2,3)4)17(26)22-13-9-21-24(10-13)11-16(25)20-5/h6-10H,11H2,1-5H3,(H,20,25)(H,22,26)(H,23,27). The molecule has 0 aliphatic carbocycles. The van der Waals surface area contributed by atoms with E-state index in [4.69, 9.17) is 0 Å². The van der Waals surface area contributed by atoms with E-state index < -0.39 is 5.41 Å². The van der Waals surface area contributed by atoms with Crippen LogP contribution >= 0.6 is 0 Å². The summed E-state index contributed by atoms with van der Waals surface area (Å²) in [4.78, 5) is 36.2. The molecule has 1 heterocycles. The van der Waals surface area contributed by atoms with Gasteiger partial charge >= 0.3 is 0 Å². The molecule has 0 unspecified atom stereocenters. The molecule has 2 rings (SSSR count). The fourth-order valence-corrected chi connectivity index (χ4v) is 2.27. The van der Waals surface area contributed by atoms with E-state index in [9.17, 15) is 14.4 Å². The fraction of sp³-hybridized carbons (Fsp3) is 0.368. The molecular formula is C19H25N5O3. The molecule has 0 radical (unpaired) electrons. The Morgan fingerprint density at radius 3 is 2.48 bits per heavy atom. The summed E-state index contributed by atoms with van der Waals surface area (Å²) in [7, 11) is 1.54. The number of hydrogen-bond acceptors (Lipinski definition) is 4. The van der Waals surface area contributed by atoms with Crippen LogP contribution in [0.1, 0.15) is 36.7 Å². The van der Waals surface area contributed by atoms with Gasteiger partial charge in [0.25, 0.3) is 5.91 Å². The Morgan fingerprint density at radius 2 is 1.85 bits per heavy atom. The summed E-state index contributed by atoms with van der Waals surface area (Å²) in [5.74, 6) is -0.633. The van der Waals surface area contributed by atoms with Gasteiger partial charge in [-0.1, -0.05) is 26.8 Å². The van der Waals surface area contributed by atoms with E-state index in [2.05, 4.69) is 21.0 Å². The minimum Gasteiger partial charge on any atom is -0.358 e. The van der Waals surface area contributed by atoms with Crippen molar-refractivity contribution in [2.24, 2.45) is 5.41 Å². The van der Waals surface area contributed by atoms with Crippen LogP contribution in [0.5, 0.6) is 0 Å². The molecular weight excluding hydrogens is 346 g/mol. The number of anilines is 2. The Morgan fingerprint density at radius 1 is 1.15 bits per heavy atom. The van der Waals surface area contributed by atoms with Gasteiger partial charge in [-0.3, -0.25) is 19.1 Å². The quantitative estimate of drug-likeness (QED) is 0.749. The predicted molar refractivity (Wildman–Crippen MR) is 104 cm³/mol. The van der Waals surface area contributed by atoms with Crippen molar-refractivity contribution in [1.29, 1.82) is 0 Å². The fourth-order valence-electron chi connectivity index (χ4n) is 2.27. The van der Waals surface area contributed by atoms with Gasteiger partial charge in [-0.25, -0.2) is 0 Å². The number of nitrogens with one attached hydrogen (secondary N) is 3. The van der Waals surface area contributed by atoms with E-state index in [0.29, 0.717) is 22.5 Å². The van der Waals surface area contributed by atoms with Gasteiger partial charge in [0.15, 0.2) is 0 Å². The van der Waals surface area contributed by atoms with Gasteiger partial charge in [-0.2, -0.15) is 5.10 Å². The summed E-state index contributed by atoms with van der Waals surface area (Å²) in [6, 6.07) is 5.17. The second kappa shape index (κ2) is 8.03. The lowest BCUT2D eigenvalue weighted by atomic mass is 9.95. The van der Waals surface area contributed by atoms with Gasteiger partial charge in [-0.05, 0) is 24.6 Å². The van der Waals surface area contributed by atoms with Crippen LogP contribution in [0.15, 0.2) is 30.6 Å². The monoisotopic (exact) mass is 371 g/mol. The molecule has 8 nitrogen and oxygen atoms in total. The molecule has 144 valence electrons. The molecule has 0 fully saturated rings. The summed E-state index contributed by atoms with van der Waals surface area (Å²) in [5, 5.41) is 12.2. The first-order valence-corrected chi connectivity index (χ1v) is 8.57. The molecule has 0 atom stereocenters. The van der Waals surface area contributed by atoms with Crippen molar-refractivity contribution in [3.63, 3.8) is 0 Å². The van der Waals surface area contributed by atoms with Crippen molar-refractivity contribution in [2.75, 3.05) is 17.7 Å². The zero-order valence-electron chi connectivity index (χ0n) is 16.2. The van der Waals surface area contributed by atoms with Gasteiger partial charge in [0.2, 0.25) is 11.8 Å². The topological polar surface area (TPSA) is 105 Å². The van der Waals surface area contributed by atoms with Gasteiger partial charge in [0, 0.05) is 29.9 Å². The van der Waals surface area contributed by atoms with Crippen molar-refractivity contribution >= 4 is 29.1 Å². The largest absolute Gasteiger partial charge is 0.358 e. The van der Waals surface area contributed by atoms with Crippen LogP contribution in [0.2, 0.25) is 0 Å². The van der Waals surface area contributed by atoms with Gasteiger partial charge in [0.1, 0.15) is 6.54 Å². The number of carbonyl (C=O) groups excluding carboxylic acids is 3. The van der Waals surface area contributed by atoms with Crippen LogP contribution in [0.4, 0.5) is 11.4 Å². The van der Waals surface area contributed by atoms with Gasteiger partial charge in [-0.15, -0.1) is 0 Å².